The average Bonchev–Trinajstić information content (AvgIpc) is 3.14. The fraction of sp³-hybridized carbons (Fsp3) is 0.400. The van der Waals surface area contributed by atoms with Gasteiger partial charge in [0.05, 0.1) is 11.7 Å². The number of aromatic nitrogens is 4. The van der Waals surface area contributed by atoms with Crippen molar-refractivity contribution >= 4 is 22.8 Å². The van der Waals surface area contributed by atoms with E-state index in [9.17, 15) is 4.79 Å². The Morgan fingerprint density at radius 2 is 1.86 bits per heavy atom. The first kappa shape index (κ1) is 18.4. The molecule has 2 amide bonds. The van der Waals surface area contributed by atoms with E-state index in [0.717, 1.165) is 48.2 Å². The first-order chi connectivity index (χ1) is 13.5. The summed E-state index contributed by atoms with van der Waals surface area (Å²) in [5.74, 6) is 0.465. The van der Waals surface area contributed by atoms with Crippen LogP contribution in [0.4, 0.5) is 10.6 Å². The molecule has 1 aliphatic rings. The summed E-state index contributed by atoms with van der Waals surface area (Å²) < 4.78 is 1.77. The predicted octanol–water partition coefficient (Wildman–Crippen LogP) is 2.59. The van der Waals surface area contributed by atoms with E-state index < -0.39 is 0 Å². The number of hydrogen-bond donors (Lipinski definition) is 1. The molecule has 0 radical (unpaired) electrons. The van der Waals surface area contributed by atoms with Gasteiger partial charge < -0.3 is 4.90 Å². The second kappa shape index (κ2) is 7.55. The van der Waals surface area contributed by atoms with E-state index in [-0.39, 0.29) is 6.03 Å². The van der Waals surface area contributed by atoms with Crippen LogP contribution in [-0.2, 0) is 7.05 Å². The minimum absolute atomic E-state index is 0.125. The molecule has 0 spiro atoms. The number of amides is 2. The molecule has 0 unspecified atom stereocenters. The van der Waals surface area contributed by atoms with Crippen molar-refractivity contribution < 1.29 is 4.79 Å². The number of aryl methyl sites for hydroxylation is 1. The van der Waals surface area contributed by atoms with Gasteiger partial charge in [-0.1, -0.05) is 6.07 Å². The topological polar surface area (TPSA) is 79.2 Å². The average molecular weight is 379 g/mol. The van der Waals surface area contributed by atoms with Gasteiger partial charge >= 0.3 is 6.03 Å². The van der Waals surface area contributed by atoms with Crippen molar-refractivity contribution in [2.24, 2.45) is 7.05 Å². The molecule has 8 heteroatoms. The van der Waals surface area contributed by atoms with Gasteiger partial charge in [0.25, 0.3) is 0 Å². The van der Waals surface area contributed by atoms with Crippen molar-refractivity contribution in [1.29, 1.82) is 0 Å². The van der Waals surface area contributed by atoms with Gasteiger partial charge in [-0.2, -0.15) is 5.10 Å². The van der Waals surface area contributed by atoms with Gasteiger partial charge in [-0.05, 0) is 37.6 Å². The first-order valence-corrected chi connectivity index (χ1v) is 9.56. The molecular weight excluding hydrogens is 354 g/mol. The molecule has 1 aliphatic heterocycles. The molecule has 3 aromatic rings. The van der Waals surface area contributed by atoms with Gasteiger partial charge in [0, 0.05) is 56.4 Å². The van der Waals surface area contributed by atoms with Crippen LogP contribution >= 0.6 is 0 Å². The molecule has 2 aromatic heterocycles. The molecule has 4 rings (SSSR count). The maximum atomic E-state index is 12.6. The van der Waals surface area contributed by atoms with Gasteiger partial charge in [0.1, 0.15) is 0 Å². The van der Waals surface area contributed by atoms with Crippen LogP contribution in [0.15, 0.2) is 36.7 Å². The third-order valence-electron chi connectivity index (χ3n) is 5.19. The molecule has 0 saturated carbocycles. The highest BCUT2D eigenvalue weighted by molar-refractivity contribution is 5.91. The van der Waals surface area contributed by atoms with E-state index >= 15 is 0 Å². The van der Waals surface area contributed by atoms with Crippen molar-refractivity contribution in [3.8, 4) is 11.1 Å². The lowest BCUT2D eigenvalue weighted by Crippen LogP contribution is -2.51. The lowest BCUT2D eigenvalue weighted by Gasteiger charge is -2.36. The Kier molecular flexibility index (Phi) is 4.95. The molecule has 1 N–H and O–H groups in total. The Morgan fingerprint density at radius 3 is 2.54 bits per heavy atom. The van der Waals surface area contributed by atoms with Crippen LogP contribution in [0.2, 0.25) is 0 Å². The van der Waals surface area contributed by atoms with E-state index in [2.05, 4.69) is 39.4 Å². The van der Waals surface area contributed by atoms with E-state index in [1.807, 2.05) is 48.6 Å². The summed E-state index contributed by atoms with van der Waals surface area (Å²) in [4.78, 5) is 16.8. The zero-order valence-electron chi connectivity index (χ0n) is 16.5. The number of rotatable bonds is 3. The third kappa shape index (κ3) is 3.82. The van der Waals surface area contributed by atoms with Crippen molar-refractivity contribution in [3.05, 3.63) is 36.7 Å². The molecule has 0 aliphatic carbocycles. The number of nitrogens with one attached hydrogen (secondary N) is 1. The van der Waals surface area contributed by atoms with Gasteiger partial charge in [-0.15, -0.1) is 10.2 Å². The minimum atomic E-state index is -0.125. The van der Waals surface area contributed by atoms with Crippen molar-refractivity contribution in [1.82, 2.24) is 29.8 Å². The van der Waals surface area contributed by atoms with E-state index in [0.29, 0.717) is 11.9 Å². The number of hydrogen-bond acceptors (Lipinski definition) is 5. The fourth-order valence-electron chi connectivity index (χ4n) is 3.49. The van der Waals surface area contributed by atoms with Gasteiger partial charge in [0.2, 0.25) is 0 Å². The number of fused-ring (bicyclic) bond motifs is 1. The Hall–Kier alpha value is -3.00. The Balaban J connectivity index is 1.49. The predicted molar refractivity (Wildman–Crippen MR) is 109 cm³/mol. The summed E-state index contributed by atoms with van der Waals surface area (Å²) in [6, 6.07) is 8.22. The lowest BCUT2D eigenvalue weighted by molar-refractivity contribution is 0.125. The molecule has 8 nitrogen and oxygen atoms in total. The zero-order chi connectivity index (χ0) is 19.7. The van der Waals surface area contributed by atoms with Crippen molar-refractivity contribution in [2.75, 3.05) is 31.5 Å². The highest BCUT2D eigenvalue weighted by atomic mass is 16.2. The molecule has 3 heterocycles. The number of urea groups is 1. The zero-order valence-corrected chi connectivity index (χ0v) is 16.5. The molecule has 146 valence electrons. The van der Waals surface area contributed by atoms with E-state index in [1.54, 1.807) is 4.68 Å². The molecular formula is C20H25N7O. The van der Waals surface area contributed by atoms with Crippen molar-refractivity contribution in [2.45, 2.75) is 19.9 Å². The van der Waals surface area contributed by atoms with Crippen LogP contribution in [0.25, 0.3) is 22.0 Å². The second-order valence-corrected chi connectivity index (χ2v) is 7.45. The molecule has 28 heavy (non-hydrogen) atoms. The summed E-state index contributed by atoms with van der Waals surface area (Å²) in [5, 5.41) is 16.4. The Morgan fingerprint density at radius 1 is 1.07 bits per heavy atom. The van der Waals surface area contributed by atoms with Gasteiger partial charge in [0.15, 0.2) is 5.82 Å². The normalized spacial score (nSPS) is 15.4. The summed E-state index contributed by atoms with van der Waals surface area (Å²) in [7, 11) is 1.89. The van der Waals surface area contributed by atoms with Crippen LogP contribution in [0.3, 0.4) is 0 Å². The first-order valence-electron chi connectivity index (χ1n) is 9.56. The molecule has 1 saturated heterocycles. The highest BCUT2D eigenvalue weighted by Crippen LogP contribution is 2.24. The van der Waals surface area contributed by atoms with E-state index in [4.69, 9.17) is 0 Å². The van der Waals surface area contributed by atoms with Gasteiger partial charge in [-0.3, -0.25) is 14.9 Å². The molecule has 1 aromatic carbocycles. The van der Waals surface area contributed by atoms with Crippen LogP contribution < -0.4 is 5.32 Å². The Labute approximate surface area is 164 Å². The molecule has 0 bridgehead atoms. The third-order valence-corrected chi connectivity index (χ3v) is 5.19. The maximum absolute atomic E-state index is 12.6. The van der Waals surface area contributed by atoms with Crippen LogP contribution in [-0.4, -0.2) is 68.0 Å². The smallest absolute Gasteiger partial charge is 0.322 e. The number of piperazine rings is 1. The quantitative estimate of drug-likeness (QED) is 0.757. The summed E-state index contributed by atoms with van der Waals surface area (Å²) in [6.07, 6.45) is 3.80. The SMILES string of the molecule is CC(C)N1CCN(C(=O)Nc2cc3cc(-c4cnn(C)c4)ccc3nn2)CC1. The van der Waals surface area contributed by atoms with Crippen LogP contribution in [0, 0.1) is 0 Å². The number of anilines is 1. The van der Waals surface area contributed by atoms with E-state index in [1.165, 1.54) is 0 Å². The maximum Gasteiger partial charge on any atom is 0.323 e. The lowest BCUT2D eigenvalue weighted by atomic mass is 10.1. The highest BCUT2D eigenvalue weighted by Gasteiger charge is 2.22. The largest absolute Gasteiger partial charge is 0.323 e. The minimum Gasteiger partial charge on any atom is -0.322 e. The summed E-state index contributed by atoms with van der Waals surface area (Å²) in [5.41, 5.74) is 2.88. The fourth-order valence-corrected chi connectivity index (χ4v) is 3.49. The van der Waals surface area contributed by atoms with Crippen LogP contribution in [0.1, 0.15) is 13.8 Å². The number of nitrogens with zero attached hydrogens (tertiary/aromatic N) is 6. The van der Waals surface area contributed by atoms with Gasteiger partial charge in [-0.25, -0.2) is 4.79 Å². The van der Waals surface area contributed by atoms with Crippen molar-refractivity contribution in [3.63, 3.8) is 0 Å². The number of benzene rings is 1. The molecule has 1 fully saturated rings. The molecule has 0 atom stereocenters. The summed E-state index contributed by atoms with van der Waals surface area (Å²) >= 11 is 0. The number of carbonyl (C=O) groups is 1. The summed E-state index contributed by atoms with van der Waals surface area (Å²) in [6.45, 7) is 7.58. The van der Waals surface area contributed by atoms with Crippen LogP contribution in [0.5, 0.6) is 0 Å². The standard InChI is InChI=1S/C20H25N7O/c1-14(2)26-6-8-27(9-7-26)20(28)22-19-11-16-10-15(4-5-18(16)23-24-19)17-12-21-25(3)13-17/h4-5,10-14H,6-9H2,1-3H3,(H,22,24,28). The monoisotopic (exact) mass is 379 g/mol. The Bertz CT molecular complexity index is 989. The number of carbonyl (C=O) groups excluding carboxylic acids is 1. The second-order valence-electron chi connectivity index (χ2n) is 7.45.